The van der Waals surface area contributed by atoms with E-state index in [9.17, 15) is 13.2 Å². The van der Waals surface area contributed by atoms with Gasteiger partial charge >= 0.3 is 0 Å². The van der Waals surface area contributed by atoms with Crippen molar-refractivity contribution in [1.29, 1.82) is 0 Å². The maximum absolute atomic E-state index is 12.7. The highest BCUT2D eigenvalue weighted by Gasteiger charge is 2.33. The SMILES string of the molecule is CCS(=O)(=O)N1CCCN(C(=O)C2CCN(CCOC)C2)CC1. The van der Waals surface area contributed by atoms with Gasteiger partial charge < -0.3 is 14.5 Å². The van der Waals surface area contributed by atoms with E-state index in [1.54, 1.807) is 14.0 Å². The Bertz CT molecular complexity index is 497. The second-order valence-electron chi connectivity index (χ2n) is 6.26. The van der Waals surface area contributed by atoms with Crippen molar-refractivity contribution in [1.82, 2.24) is 14.1 Å². The molecule has 2 aliphatic heterocycles. The zero-order valence-corrected chi connectivity index (χ0v) is 15.1. The Morgan fingerprint density at radius 3 is 2.65 bits per heavy atom. The van der Waals surface area contributed by atoms with Gasteiger partial charge in [-0.25, -0.2) is 12.7 Å². The van der Waals surface area contributed by atoms with Crippen LogP contribution in [0.4, 0.5) is 0 Å². The van der Waals surface area contributed by atoms with Gasteiger partial charge in [-0.3, -0.25) is 4.79 Å². The van der Waals surface area contributed by atoms with Crippen LogP contribution in [0.15, 0.2) is 0 Å². The van der Waals surface area contributed by atoms with E-state index in [-0.39, 0.29) is 17.6 Å². The first kappa shape index (κ1) is 18.6. The van der Waals surface area contributed by atoms with E-state index in [1.165, 1.54) is 4.31 Å². The lowest BCUT2D eigenvalue weighted by molar-refractivity contribution is -0.135. The van der Waals surface area contributed by atoms with Gasteiger partial charge in [-0.2, -0.15) is 0 Å². The van der Waals surface area contributed by atoms with Crippen LogP contribution in [0.3, 0.4) is 0 Å². The van der Waals surface area contributed by atoms with Gasteiger partial charge in [0.25, 0.3) is 0 Å². The maximum Gasteiger partial charge on any atom is 0.227 e. The maximum atomic E-state index is 12.7. The summed E-state index contributed by atoms with van der Waals surface area (Å²) in [4.78, 5) is 16.8. The largest absolute Gasteiger partial charge is 0.383 e. The predicted molar refractivity (Wildman–Crippen MR) is 88.7 cm³/mol. The molecule has 1 atom stereocenters. The highest BCUT2D eigenvalue weighted by molar-refractivity contribution is 7.89. The first-order valence-electron chi connectivity index (χ1n) is 8.46. The molecule has 0 spiro atoms. The molecule has 8 heteroatoms. The lowest BCUT2D eigenvalue weighted by Crippen LogP contribution is -2.41. The summed E-state index contributed by atoms with van der Waals surface area (Å²) in [6.45, 7) is 7.04. The van der Waals surface area contributed by atoms with Gasteiger partial charge in [-0.1, -0.05) is 0 Å². The fourth-order valence-corrected chi connectivity index (χ4v) is 4.42. The van der Waals surface area contributed by atoms with Crippen LogP contribution in [0.25, 0.3) is 0 Å². The number of likely N-dealkylation sites (tertiary alicyclic amines) is 1. The molecule has 0 aromatic heterocycles. The minimum atomic E-state index is -3.16. The molecule has 2 aliphatic rings. The van der Waals surface area contributed by atoms with Crippen LogP contribution in [0.5, 0.6) is 0 Å². The number of hydrogen-bond donors (Lipinski definition) is 0. The molecule has 0 saturated carbocycles. The molecule has 0 aromatic rings. The van der Waals surface area contributed by atoms with Crippen LogP contribution in [0, 0.1) is 5.92 Å². The highest BCUT2D eigenvalue weighted by Crippen LogP contribution is 2.20. The highest BCUT2D eigenvalue weighted by atomic mass is 32.2. The van der Waals surface area contributed by atoms with Gasteiger partial charge in [-0.15, -0.1) is 0 Å². The molecule has 2 heterocycles. The monoisotopic (exact) mass is 347 g/mol. The van der Waals surface area contributed by atoms with Crippen molar-refractivity contribution in [3.05, 3.63) is 0 Å². The van der Waals surface area contributed by atoms with Crippen molar-refractivity contribution in [2.45, 2.75) is 19.8 Å². The number of nitrogens with zero attached hydrogens (tertiary/aromatic N) is 3. The van der Waals surface area contributed by atoms with E-state index < -0.39 is 10.0 Å². The van der Waals surface area contributed by atoms with Gasteiger partial charge in [0, 0.05) is 46.4 Å². The number of rotatable bonds is 6. The van der Waals surface area contributed by atoms with Crippen LogP contribution >= 0.6 is 0 Å². The molecule has 23 heavy (non-hydrogen) atoms. The number of amides is 1. The van der Waals surface area contributed by atoms with E-state index >= 15 is 0 Å². The molecular weight excluding hydrogens is 318 g/mol. The van der Waals surface area contributed by atoms with Crippen molar-refractivity contribution in [2.75, 3.05) is 65.3 Å². The lowest BCUT2D eigenvalue weighted by atomic mass is 10.1. The van der Waals surface area contributed by atoms with Crippen LogP contribution in [0.2, 0.25) is 0 Å². The minimum Gasteiger partial charge on any atom is -0.383 e. The van der Waals surface area contributed by atoms with E-state index in [1.807, 2.05) is 4.90 Å². The third-order valence-electron chi connectivity index (χ3n) is 4.76. The Morgan fingerprint density at radius 1 is 1.17 bits per heavy atom. The van der Waals surface area contributed by atoms with Gasteiger partial charge in [0.15, 0.2) is 0 Å². The lowest BCUT2D eigenvalue weighted by Gasteiger charge is -2.24. The standard InChI is InChI=1S/C15H29N3O4S/c1-3-23(20,21)18-7-4-6-17(9-10-18)15(19)14-5-8-16(13-14)11-12-22-2/h14H,3-13H2,1-2H3. The molecule has 0 radical (unpaired) electrons. The van der Waals surface area contributed by atoms with E-state index in [0.29, 0.717) is 39.2 Å². The summed E-state index contributed by atoms with van der Waals surface area (Å²) in [7, 11) is -1.47. The third kappa shape index (κ3) is 4.89. The fraction of sp³-hybridized carbons (Fsp3) is 0.933. The second kappa shape index (κ2) is 8.41. The van der Waals surface area contributed by atoms with Crippen LogP contribution in [0.1, 0.15) is 19.8 Å². The normalized spacial score (nSPS) is 24.8. The van der Waals surface area contributed by atoms with Crippen LogP contribution < -0.4 is 0 Å². The zero-order chi connectivity index (χ0) is 16.9. The summed E-state index contributed by atoms with van der Waals surface area (Å²) in [5, 5.41) is 0. The molecule has 134 valence electrons. The Kier molecular flexibility index (Phi) is 6.82. The summed E-state index contributed by atoms with van der Waals surface area (Å²) in [6, 6.07) is 0. The number of hydrogen-bond acceptors (Lipinski definition) is 5. The topological polar surface area (TPSA) is 70.2 Å². The van der Waals surface area contributed by atoms with Crippen molar-refractivity contribution < 1.29 is 17.9 Å². The molecule has 7 nitrogen and oxygen atoms in total. The third-order valence-corrected chi connectivity index (χ3v) is 6.64. The molecule has 1 unspecified atom stereocenters. The molecular formula is C15H29N3O4S. The first-order chi connectivity index (χ1) is 11.0. The van der Waals surface area contributed by atoms with Gasteiger partial charge in [0.2, 0.25) is 15.9 Å². The fourth-order valence-electron chi connectivity index (χ4n) is 3.29. The molecule has 0 aliphatic carbocycles. The summed E-state index contributed by atoms with van der Waals surface area (Å²) in [5.41, 5.74) is 0. The minimum absolute atomic E-state index is 0.0428. The number of methoxy groups -OCH3 is 1. The molecule has 0 aromatic carbocycles. The van der Waals surface area contributed by atoms with E-state index in [4.69, 9.17) is 4.74 Å². The van der Waals surface area contributed by atoms with Crippen molar-refractivity contribution in [2.24, 2.45) is 5.92 Å². The second-order valence-corrected chi connectivity index (χ2v) is 8.52. The van der Waals surface area contributed by atoms with Gasteiger partial charge in [-0.05, 0) is 26.3 Å². The molecule has 0 N–H and O–H groups in total. The number of carbonyl (C=O) groups is 1. The molecule has 2 saturated heterocycles. The molecule has 0 bridgehead atoms. The quantitative estimate of drug-likeness (QED) is 0.668. The number of sulfonamides is 1. The summed E-state index contributed by atoms with van der Waals surface area (Å²) in [5.74, 6) is 0.347. The van der Waals surface area contributed by atoms with E-state index in [0.717, 1.165) is 26.1 Å². The zero-order valence-electron chi connectivity index (χ0n) is 14.2. The van der Waals surface area contributed by atoms with Gasteiger partial charge in [0.05, 0.1) is 18.3 Å². The summed E-state index contributed by atoms with van der Waals surface area (Å²) in [6.07, 6.45) is 1.60. The number of ether oxygens (including phenoxy) is 1. The molecule has 2 rings (SSSR count). The van der Waals surface area contributed by atoms with Crippen LogP contribution in [-0.4, -0.2) is 93.7 Å². The number of carbonyl (C=O) groups excluding carboxylic acids is 1. The average Bonchev–Trinajstić information content (AvgIpc) is 2.87. The first-order valence-corrected chi connectivity index (χ1v) is 10.1. The Hall–Kier alpha value is -0.700. The predicted octanol–water partition coefficient (Wildman–Crippen LogP) is -0.161. The van der Waals surface area contributed by atoms with Crippen molar-refractivity contribution in [3.63, 3.8) is 0 Å². The summed E-state index contributed by atoms with van der Waals surface area (Å²) >= 11 is 0. The Balaban J connectivity index is 1.86. The van der Waals surface area contributed by atoms with Gasteiger partial charge in [0.1, 0.15) is 0 Å². The molecule has 1 amide bonds. The van der Waals surface area contributed by atoms with Crippen molar-refractivity contribution in [3.8, 4) is 0 Å². The van der Waals surface area contributed by atoms with E-state index in [2.05, 4.69) is 4.90 Å². The van der Waals surface area contributed by atoms with Crippen LogP contribution in [-0.2, 0) is 19.6 Å². The summed E-state index contributed by atoms with van der Waals surface area (Å²) < 4.78 is 30.6. The molecule has 2 fully saturated rings. The Labute approximate surface area is 139 Å². The average molecular weight is 347 g/mol. The Morgan fingerprint density at radius 2 is 1.96 bits per heavy atom. The van der Waals surface area contributed by atoms with Crippen molar-refractivity contribution >= 4 is 15.9 Å². The smallest absolute Gasteiger partial charge is 0.227 e.